The fourth-order valence-electron chi connectivity index (χ4n) is 3.65. The van der Waals surface area contributed by atoms with Crippen LogP contribution in [0.5, 0.6) is 0 Å². The number of benzene rings is 1. The van der Waals surface area contributed by atoms with E-state index in [0.29, 0.717) is 5.92 Å². The number of rotatable bonds is 5. The molecule has 3 rings (SSSR count). The summed E-state index contributed by atoms with van der Waals surface area (Å²) in [5.41, 5.74) is 6.69. The monoisotopic (exact) mass is 327 g/mol. The summed E-state index contributed by atoms with van der Waals surface area (Å²) >= 11 is 0. The molecule has 0 saturated carbocycles. The zero-order chi connectivity index (χ0) is 17.1. The second-order valence-electron chi connectivity index (χ2n) is 6.61. The number of hydrogen-bond acceptors (Lipinski definition) is 4. The van der Waals surface area contributed by atoms with Gasteiger partial charge in [-0.05, 0) is 44.7 Å². The summed E-state index contributed by atoms with van der Waals surface area (Å²) in [7, 11) is 0. The topological polar surface area (TPSA) is 77.0 Å². The van der Waals surface area contributed by atoms with Gasteiger partial charge in [0.25, 0.3) is 0 Å². The van der Waals surface area contributed by atoms with Crippen LogP contribution in [0, 0.1) is 19.8 Å². The standard InChI is InChI=1S/C18H25N5O/c1-13-20-14(2)23(21-13)12-15-7-6-10-22(11-15)17(18(19)24)16-8-4-3-5-9-16/h3-5,8-9,15,17H,6-7,10-12H2,1-2H3,(H2,19,24)/t15-,17+/m1/s1. The predicted octanol–water partition coefficient (Wildman–Crippen LogP) is 1.83. The first-order chi connectivity index (χ1) is 11.5. The largest absolute Gasteiger partial charge is 0.368 e. The molecule has 1 aromatic heterocycles. The maximum atomic E-state index is 12.1. The van der Waals surface area contributed by atoms with E-state index in [-0.39, 0.29) is 11.9 Å². The summed E-state index contributed by atoms with van der Waals surface area (Å²) in [5.74, 6) is 1.91. The van der Waals surface area contributed by atoms with Crippen LogP contribution < -0.4 is 5.73 Å². The first-order valence-corrected chi connectivity index (χ1v) is 8.51. The molecule has 0 spiro atoms. The van der Waals surface area contributed by atoms with Crippen molar-refractivity contribution >= 4 is 5.91 Å². The smallest absolute Gasteiger partial charge is 0.239 e. The SMILES string of the molecule is Cc1nc(C)n(C[C@@H]2CCCN([C@H](C(N)=O)c3ccccc3)C2)n1. The number of carbonyl (C=O) groups excluding carboxylic acids is 1. The van der Waals surface area contributed by atoms with Gasteiger partial charge in [0.1, 0.15) is 17.7 Å². The molecule has 1 amide bonds. The molecular formula is C18H25N5O. The van der Waals surface area contributed by atoms with Crippen LogP contribution in [0.2, 0.25) is 0 Å². The summed E-state index contributed by atoms with van der Waals surface area (Å²) in [6.45, 7) is 6.48. The lowest BCUT2D eigenvalue weighted by atomic mass is 9.94. The molecule has 0 unspecified atom stereocenters. The summed E-state index contributed by atoms with van der Waals surface area (Å²) < 4.78 is 1.98. The lowest BCUT2D eigenvalue weighted by molar-refractivity contribution is -0.124. The van der Waals surface area contributed by atoms with Crippen LogP contribution in [0.15, 0.2) is 30.3 Å². The van der Waals surface area contributed by atoms with Crippen LogP contribution in [-0.2, 0) is 11.3 Å². The molecular weight excluding hydrogens is 302 g/mol. The van der Waals surface area contributed by atoms with E-state index < -0.39 is 0 Å². The van der Waals surface area contributed by atoms with Crippen molar-refractivity contribution in [1.29, 1.82) is 0 Å². The Morgan fingerprint density at radius 3 is 2.71 bits per heavy atom. The van der Waals surface area contributed by atoms with Gasteiger partial charge in [-0.15, -0.1) is 0 Å². The van der Waals surface area contributed by atoms with Gasteiger partial charge in [0.2, 0.25) is 5.91 Å². The van der Waals surface area contributed by atoms with Gasteiger partial charge in [0, 0.05) is 13.1 Å². The Hall–Kier alpha value is -2.21. The molecule has 24 heavy (non-hydrogen) atoms. The van der Waals surface area contributed by atoms with Gasteiger partial charge >= 0.3 is 0 Å². The number of primary amides is 1. The molecule has 1 aromatic carbocycles. The zero-order valence-electron chi connectivity index (χ0n) is 14.4. The van der Waals surface area contributed by atoms with Gasteiger partial charge in [0.05, 0.1) is 0 Å². The van der Waals surface area contributed by atoms with E-state index in [1.807, 2.05) is 48.9 Å². The fourth-order valence-corrected chi connectivity index (χ4v) is 3.65. The Balaban J connectivity index is 1.74. The molecule has 2 aromatic rings. The van der Waals surface area contributed by atoms with Crippen molar-refractivity contribution in [1.82, 2.24) is 19.7 Å². The van der Waals surface area contributed by atoms with Crippen molar-refractivity contribution in [3.8, 4) is 0 Å². The maximum Gasteiger partial charge on any atom is 0.239 e. The molecule has 128 valence electrons. The molecule has 6 heteroatoms. The minimum atomic E-state index is -0.354. The number of carbonyl (C=O) groups is 1. The average molecular weight is 327 g/mol. The third-order valence-corrected chi connectivity index (χ3v) is 4.69. The Bertz CT molecular complexity index is 697. The maximum absolute atomic E-state index is 12.1. The molecule has 6 nitrogen and oxygen atoms in total. The number of nitrogens with two attached hydrogens (primary N) is 1. The predicted molar refractivity (Wildman–Crippen MR) is 92.2 cm³/mol. The van der Waals surface area contributed by atoms with Gasteiger partial charge in [-0.3, -0.25) is 9.69 Å². The summed E-state index contributed by atoms with van der Waals surface area (Å²) in [6, 6.07) is 9.46. The first kappa shape index (κ1) is 16.6. The Labute approximate surface area is 142 Å². The number of piperidine rings is 1. The molecule has 2 heterocycles. The second-order valence-corrected chi connectivity index (χ2v) is 6.61. The van der Waals surface area contributed by atoms with E-state index in [0.717, 1.165) is 49.7 Å². The highest BCUT2D eigenvalue weighted by atomic mass is 16.1. The average Bonchev–Trinajstić information content (AvgIpc) is 2.86. The number of likely N-dealkylation sites (tertiary alicyclic amines) is 1. The highest BCUT2D eigenvalue weighted by Gasteiger charge is 2.30. The highest BCUT2D eigenvalue weighted by molar-refractivity contribution is 5.81. The van der Waals surface area contributed by atoms with Gasteiger partial charge in [-0.25, -0.2) is 9.67 Å². The summed E-state index contributed by atoms with van der Waals surface area (Å²) in [5, 5.41) is 4.46. The van der Waals surface area contributed by atoms with Gasteiger partial charge < -0.3 is 5.73 Å². The van der Waals surface area contributed by atoms with Crippen molar-refractivity contribution < 1.29 is 4.79 Å². The number of aromatic nitrogens is 3. The molecule has 1 saturated heterocycles. The minimum Gasteiger partial charge on any atom is -0.368 e. The third kappa shape index (κ3) is 3.64. The first-order valence-electron chi connectivity index (χ1n) is 8.51. The van der Waals surface area contributed by atoms with E-state index in [1.165, 1.54) is 0 Å². The molecule has 1 fully saturated rings. The van der Waals surface area contributed by atoms with E-state index >= 15 is 0 Å². The van der Waals surface area contributed by atoms with Gasteiger partial charge in [-0.1, -0.05) is 30.3 Å². The van der Waals surface area contributed by atoms with Crippen molar-refractivity contribution in [2.75, 3.05) is 13.1 Å². The van der Waals surface area contributed by atoms with E-state index in [2.05, 4.69) is 15.0 Å². The van der Waals surface area contributed by atoms with Crippen molar-refractivity contribution in [3.05, 3.63) is 47.5 Å². The molecule has 1 aliphatic heterocycles. The number of hydrogen-bond donors (Lipinski definition) is 1. The van der Waals surface area contributed by atoms with Crippen LogP contribution >= 0.6 is 0 Å². The third-order valence-electron chi connectivity index (χ3n) is 4.69. The van der Waals surface area contributed by atoms with Gasteiger partial charge in [-0.2, -0.15) is 5.10 Å². The Morgan fingerprint density at radius 1 is 1.33 bits per heavy atom. The highest BCUT2D eigenvalue weighted by Crippen LogP contribution is 2.27. The lowest BCUT2D eigenvalue weighted by Gasteiger charge is -2.37. The zero-order valence-corrected chi connectivity index (χ0v) is 14.4. The van der Waals surface area contributed by atoms with Crippen molar-refractivity contribution in [2.45, 2.75) is 39.3 Å². The second kappa shape index (κ2) is 7.13. The minimum absolute atomic E-state index is 0.283. The van der Waals surface area contributed by atoms with Crippen molar-refractivity contribution in [3.63, 3.8) is 0 Å². The number of amides is 1. The molecule has 0 radical (unpaired) electrons. The van der Waals surface area contributed by atoms with Crippen molar-refractivity contribution in [2.24, 2.45) is 11.7 Å². The lowest BCUT2D eigenvalue weighted by Crippen LogP contribution is -2.44. The van der Waals surface area contributed by atoms with E-state index in [1.54, 1.807) is 0 Å². The van der Waals surface area contributed by atoms with Crippen LogP contribution in [-0.4, -0.2) is 38.7 Å². The number of aryl methyl sites for hydroxylation is 2. The van der Waals surface area contributed by atoms with Crippen LogP contribution in [0.3, 0.4) is 0 Å². The molecule has 1 aliphatic rings. The quantitative estimate of drug-likeness (QED) is 0.909. The fraction of sp³-hybridized carbons (Fsp3) is 0.500. The summed E-state index contributed by atoms with van der Waals surface area (Å²) in [4.78, 5) is 18.7. The molecule has 0 bridgehead atoms. The van der Waals surface area contributed by atoms with E-state index in [9.17, 15) is 4.79 Å². The van der Waals surface area contributed by atoms with E-state index in [4.69, 9.17) is 5.73 Å². The van der Waals surface area contributed by atoms with Crippen LogP contribution in [0.1, 0.15) is 36.1 Å². The molecule has 0 aliphatic carbocycles. The number of nitrogens with zero attached hydrogens (tertiary/aromatic N) is 4. The normalized spacial score (nSPS) is 20.0. The van der Waals surface area contributed by atoms with Crippen LogP contribution in [0.4, 0.5) is 0 Å². The molecule has 2 atom stereocenters. The Morgan fingerprint density at radius 2 is 2.08 bits per heavy atom. The molecule has 2 N–H and O–H groups in total. The summed E-state index contributed by atoms with van der Waals surface area (Å²) in [6.07, 6.45) is 2.20. The van der Waals surface area contributed by atoms with Crippen LogP contribution in [0.25, 0.3) is 0 Å². The Kier molecular flexibility index (Phi) is 4.94. The van der Waals surface area contributed by atoms with Gasteiger partial charge in [0.15, 0.2) is 0 Å².